The second-order valence-corrected chi connectivity index (χ2v) is 4.58. The smallest absolute Gasteiger partial charge is 0.325 e. The van der Waals surface area contributed by atoms with Gasteiger partial charge in [-0.15, -0.1) is 0 Å². The van der Waals surface area contributed by atoms with Crippen LogP contribution in [0, 0.1) is 12.7 Å². The Kier molecular flexibility index (Phi) is 5.28. The number of carboxylic acids is 1. The molecule has 1 N–H and O–H groups in total. The van der Waals surface area contributed by atoms with Gasteiger partial charge in [-0.1, -0.05) is 25.5 Å². The third-order valence-corrected chi connectivity index (χ3v) is 3.04. The normalized spacial score (nSPS) is 12.7. The van der Waals surface area contributed by atoms with Crippen LogP contribution in [0.4, 0.5) is 4.39 Å². The highest BCUT2D eigenvalue weighted by Crippen LogP contribution is 2.22. The molecule has 0 heterocycles. The van der Waals surface area contributed by atoms with Gasteiger partial charge in [0.2, 0.25) is 0 Å². The zero-order valence-electron chi connectivity index (χ0n) is 11.1. The maximum Gasteiger partial charge on any atom is 0.325 e. The number of hydrogen-bond donors (Lipinski definition) is 1. The molecule has 4 heteroatoms. The van der Waals surface area contributed by atoms with Crippen LogP contribution < -0.4 is 0 Å². The van der Waals surface area contributed by atoms with Gasteiger partial charge in [-0.05, 0) is 44.1 Å². The summed E-state index contributed by atoms with van der Waals surface area (Å²) in [5.41, 5.74) is 1.10. The molecule has 1 rings (SSSR count). The number of carbonyl (C=O) groups is 1. The van der Waals surface area contributed by atoms with Crippen molar-refractivity contribution in [2.45, 2.75) is 32.7 Å². The van der Waals surface area contributed by atoms with Crippen LogP contribution in [0.1, 0.15) is 36.9 Å². The summed E-state index contributed by atoms with van der Waals surface area (Å²) in [6.45, 7) is 4.42. The number of halogens is 1. The first-order chi connectivity index (χ1) is 8.47. The van der Waals surface area contributed by atoms with E-state index >= 15 is 0 Å². The molecule has 1 atom stereocenters. The molecule has 0 aromatic heterocycles. The van der Waals surface area contributed by atoms with E-state index in [2.05, 4.69) is 6.92 Å². The van der Waals surface area contributed by atoms with E-state index in [4.69, 9.17) is 0 Å². The van der Waals surface area contributed by atoms with Crippen LogP contribution in [0.2, 0.25) is 0 Å². The molecule has 3 nitrogen and oxygen atoms in total. The molecule has 0 radical (unpaired) electrons. The Morgan fingerprint density at radius 2 is 2.17 bits per heavy atom. The van der Waals surface area contributed by atoms with E-state index in [1.807, 2.05) is 0 Å². The van der Waals surface area contributed by atoms with Gasteiger partial charge in [-0.3, -0.25) is 9.69 Å². The molecule has 1 unspecified atom stereocenters. The number of unbranched alkanes of at least 4 members (excludes halogenated alkanes) is 1. The van der Waals surface area contributed by atoms with Crippen LogP contribution >= 0.6 is 0 Å². The molecule has 0 spiro atoms. The molecule has 0 aliphatic rings. The number of likely N-dealkylation sites (N-methyl/N-ethyl adjacent to an activating group) is 1. The Morgan fingerprint density at radius 3 is 2.67 bits per heavy atom. The highest BCUT2D eigenvalue weighted by atomic mass is 19.1. The van der Waals surface area contributed by atoms with Crippen molar-refractivity contribution >= 4 is 5.97 Å². The van der Waals surface area contributed by atoms with Crippen molar-refractivity contribution in [3.05, 3.63) is 35.1 Å². The van der Waals surface area contributed by atoms with Crippen LogP contribution in [0.15, 0.2) is 18.2 Å². The van der Waals surface area contributed by atoms with E-state index in [1.165, 1.54) is 6.07 Å². The average molecular weight is 253 g/mol. The van der Waals surface area contributed by atoms with Gasteiger partial charge in [0, 0.05) is 0 Å². The number of carboxylic acid groups (broad SMARTS) is 1. The lowest BCUT2D eigenvalue weighted by Gasteiger charge is -2.25. The summed E-state index contributed by atoms with van der Waals surface area (Å²) >= 11 is 0. The number of aliphatic carboxylic acids is 1. The Hall–Kier alpha value is -1.42. The van der Waals surface area contributed by atoms with Crippen molar-refractivity contribution in [1.29, 1.82) is 0 Å². The standard InChI is InChI=1S/C14H20FNO2/c1-4-5-8-16(3)13(14(17)18)11-6-7-12(15)10(2)9-11/h6-7,9,13H,4-5,8H2,1-3H3,(H,17,18). The van der Waals surface area contributed by atoms with Gasteiger partial charge >= 0.3 is 5.97 Å². The highest BCUT2D eigenvalue weighted by molar-refractivity contribution is 5.75. The molecule has 0 amide bonds. The summed E-state index contributed by atoms with van der Waals surface area (Å²) in [6, 6.07) is 3.77. The van der Waals surface area contributed by atoms with E-state index in [-0.39, 0.29) is 5.82 Å². The van der Waals surface area contributed by atoms with E-state index in [0.29, 0.717) is 17.7 Å². The summed E-state index contributed by atoms with van der Waals surface area (Å²) < 4.78 is 13.2. The topological polar surface area (TPSA) is 40.5 Å². The third kappa shape index (κ3) is 3.53. The van der Waals surface area contributed by atoms with E-state index in [1.54, 1.807) is 31.0 Å². The fourth-order valence-electron chi connectivity index (χ4n) is 1.96. The lowest BCUT2D eigenvalue weighted by molar-refractivity contribution is -0.143. The van der Waals surface area contributed by atoms with Gasteiger partial charge in [0.25, 0.3) is 0 Å². The Bertz CT molecular complexity index is 420. The molecule has 0 aliphatic carbocycles. The van der Waals surface area contributed by atoms with E-state index in [0.717, 1.165) is 12.8 Å². The number of rotatable bonds is 6. The highest BCUT2D eigenvalue weighted by Gasteiger charge is 2.24. The first-order valence-electron chi connectivity index (χ1n) is 6.16. The predicted molar refractivity (Wildman–Crippen MR) is 69.1 cm³/mol. The third-order valence-electron chi connectivity index (χ3n) is 3.04. The molecule has 18 heavy (non-hydrogen) atoms. The first kappa shape index (κ1) is 14.6. The minimum absolute atomic E-state index is 0.306. The molecule has 0 aliphatic heterocycles. The van der Waals surface area contributed by atoms with Gasteiger partial charge in [-0.2, -0.15) is 0 Å². The predicted octanol–water partition coefficient (Wildman–Crippen LogP) is 2.99. The molecule has 0 bridgehead atoms. The lowest BCUT2D eigenvalue weighted by atomic mass is 10.0. The number of nitrogens with zero attached hydrogens (tertiary/aromatic N) is 1. The minimum Gasteiger partial charge on any atom is -0.480 e. The maximum absolute atomic E-state index is 13.2. The zero-order chi connectivity index (χ0) is 13.7. The van der Waals surface area contributed by atoms with Crippen LogP contribution in [0.5, 0.6) is 0 Å². The molecule has 1 aromatic rings. The summed E-state index contributed by atoms with van der Waals surface area (Å²) in [5, 5.41) is 9.32. The Morgan fingerprint density at radius 1 is 1.50 bits per heavy atom. The fourth-order valence-corrected chi connectivity index (χ4v) is 1.96. The van der Waals surface area contributed by atoms with Crippen molar-refractivity contribution in [1.82, 2.24) is 4.90 Å². The van der Waals surface area contributed by atoms with Gasteiger partial charge in [0.15, 0.2) is 0 Å². The number of aryl methyl sites for hydroxylation is 1. The number of benzene rings is 1. The monoisotopic (exact) mass is 253 g/mol. The van der Waals surface area contributed by atoms with Crippen LogP contribution in [-0.2, 0) is 4.79 Å². The van der Waals surface area contributed by atoms with Crippen LogP contribution in [-0.4, -0.2) is 29.6 Å². The SMILES string of the molecule is CCCCN(C)C(C(=O)O)c1ccc(F)c(C)c1. The van der Waals surface area contributed by atoms with Crippen molar-refractivity contribution in [2.75, 3.05) is 13.6 Å². The Balaban J connectivity index is 2.97. The van der Waals surface area contributed by atoms with Gasteiger partial charge in [0.1, 0.15) is 11.9 Å². The average Bonchev–Trinajstić information content (AvgIpc) is 2.31. The van der Waals surface area contributed by atoms with E-state index < -0.39 is 12.0 Å². The fraction of sp³-hybridized carbons (Fsp3) is 0.500. The first-order valence-corrected chi connectivity index (χ1v) is 6.16. The number of hydrogen-bond acceptors (Lipinski definition) is 2. The summed E-state index contributed by atoms with van der Waals surface area (Å²) in [6.07, 6.45) is 1.96. The zero-order valence-corrected chi connectivity index (χ0v) is 11.1. The quantitative estimate of drug-likeness (QED) is 0.847. The molecule has 0 saturated carbocycles. The summed E-state index contributed by atoms with van der Waals surface area (Å²) in [4.78, 5) is 13.2. The van der Waals surface area contributed by atoms with Gasteiger partial charge < -0.3 is 5.11 Å². The summed E-state index contributed by atoms with van der Waals surface area (Å²) in [5.74, 6) is -1.21. The van der Waals surface area contributed by atoms with Crippen molar-refractivity contribution in [2.24, 2.45) is 0 Å². The van der Waals surface area contributed by atoms with Crippen LogP contribution in [0.25, 0.3) is 0 Å². The minimum atomic E-state index is -0.903. The molecule has 0 fully saturated rings. The van der Waals surface area contributed by atoms with Crippen molar-refractivity contribution in [3.63, 3.8) is 0 Å². The molecule has 100 valence electrons. The van der Waals surface area contributed by atoms with Crippen molar-refractivity contribution in [3.8, 4) is 0 Å². The molecule has 0 saturated heterocycles. The van der Waals surface area contributed by atoms with Gasteiger partial charge in [0.05, 0.1) is 0 Å². The Labute approximate surface area is 107 Å². The molecular formula is C14H20FNO2. The largest absolute Gasteiger partial charge is 0.480 e. The summed E-state index contributed by atoms with van der Waals surface area (Å²) in [7, 11) is 1.78. The van der Waals surface area contributed by atoms with Gasteiger partial charge in [-0.25, -0.2) is 4.39 Å². The molecular weight excluding hydrogens is 233 g/mol. The maximum atomic E-state index is 13.2. The second-order valence-electron chi connectivity index (χ2n) is 4.58. The van der Waals surface area contributed by atoms with Crippen molar-refractivity contribution < 1.29 is 14.3 Å². The second kappa shape index (κ2) is 6.50. The lowest BCUT2D eigenvalue weighted by Crippen LogP contribution is -2.31. The van der Waals surface area contributed by atoms with E-state index in [9.17, 15) is 14.3 Å². The van der Waals surface area contributed by atoms with Crippen LogP contribution in [0.3, 0.4) is 0 Å². The molecule has 1 aromatic carbocycles.